The molecule has 1 fully saturated rings. The summed E-state index contributed by atoms with van der Waals surface area (Å²) in [5, 5.41) is 15.4. The first-order valence-electron chi connectivity index (χ1n) is 5.68. The molecule has 1 aromatic heterocycles. The van der Waals surface area contributed by atoms with Crippen LogP contribution in [0.4, 0.5) is 4.79 Å². The number of aliphatic carboxylic acids is 1. The number of H-pyrrole nitrogens is 1. The third-order valence-electron chi connectivity index (χ3n) is 2.96. The molecule has 0 radical (unpaired) electrons. The Balaban J connectivity index is 1.99. The molecule has 8 nitrogen and oxygen atoms in total. The number of aromatic amines is 1. The molecular formula is C10H15N5O3. The molecule has 2 rings (SSSR count). The van der Waals surface area contributed by atoms with Crippen LogP contribution in [0.3, 0.4) is 0 Å². The maximum Gasteiger partial charge on any atom is 0.326 e. The van der Waals surface area contributed by atoms with Gasteiger partial charge in [-0.3, -0.25) is 5.10 Å². The zero-order valence-corrected chi connectivity index (χ0v) is 10.0. The summed E-state index contributed by atoms with van der Waals surface area (Å²) in [7, 11) is 1.61. The standard InChI is InChI=1S/C10H15N5O3/c1-14(5-8-11-6-12-13-8)10(18)15-4-2-3-7(15)9(16)17/h6-7H,2-5H2,1H3,(H,16,17)(H,11,12,13)/t7-/m0/s1. The molecular weight excluding hydrogens is 238 g/mol. The highest BCUT2D eigenvalue weighted by Gasteiger charge is 2.35. The average molecular weight is 253 g/mol. The zero-order chi connectivity index (χ0) is 13.1. The number of urea groups is 1. The second-order valence-electron chi connectivity index (χ2n) is 4.26. The fourth-order valence-electron chi connectivity index (χ4n) is 2.07. The van der Waals surface area contributed by atoms with Crippen LogP contribution in [0, 0.1) is 0 Å². The molecule has 0 saturated carbocycles. The normalized spacial score (nSPS) is 18.9. The highest BCUT2D eigenvalue weighted by molar-refractivity contribution is 5.83. The van der Waals surface area contributed by atoms with Gasteiger partial charge in [0.2, 0.25) is 0 Å². The van der Waals surface area contributed by atoms with Gasteiger partial charge < -0.3 is 14.9 Å². The van der Waals surface area contributed by atoms with Crippen molar-refractivity contribution in [2.45, 2.75) is 25.4 Å². The lowest BCUT2D eigenvalue weighted by Gasteiger charge is -2.26. The van der Waals surface area contributed by atoms with E-state index in [1.807, 2.05) is 0 Å². The van der Waals surface area contributed by atoms with Crippen molar-refractivity contribution in [3.05, 3.63) is 12.2 Å². The Labute approximate surface area is 104 Å². The van der Waals surface area contributed by atoms with E-state index in [2.05, 4.69) is 15.2 Å². The summed E-state index contributed by atoms with van der Waals surface area (Å²) in [6.45, 7) is 0.762. The van der Waals surface area contributed by atoms with Crippen molar-refractivity contribution in [1.82, 2.24) is 25.0 Å². The highest BCUT2D eigenvalue weighted by atomic mass is 16.4. The van der Waals surface area contributed by atoms with E-state index >= 15 is 0 Å². The second-order valence-corrected chi connectivity index (χ2v) is 4.26. The lowest BCUT2D eigenvalue weighted by Crippen LogP contribution is -2.46. The third-order valence-corrected chi connectivity index (χ3v) is 2.96. The van der Waals surface area contributed by atoms with Crippen molar-refractivity contribution >= 4 is 12.0 Å². The average Bonchev–Trinajstić information content (AvgIpc) is 2.97. The topological polar surface area (TPSA) is 102 Å². The first-order chi connectivity index (χ1) is 8.59. The Hall–Kier alpha value is -2.12. The second kappa shape index (κ2) is 5.03. The van der Waals surface area contributed by atoms with Gasteiger partial charge in [0.25, 0.3) is 0 Å². The number of nitrogens with one attached hydrogen (secondary N) is 1. The van der Waals surface area contributed by atoms with E-state index in [0.717, 1.165) is 6.42 Å². The molecule has 2 N–H and O–H groups in total. The van der Waals surface area contributed by atoms with Crippen LogP contribution in [-0.2, 0) is 11.3 Å². The predicted molar refractivity (Wildman–Crippen MR) is 60.6 cm³/mol. The molecule has 0 aliphatic carbocycles. The number of aromatic nitrogens is 3. The van der Waals surface area contributed by atoms with Gasteiger partial charge in [0.05, 0.1) is 6.54 Å². The van der Waals surface area contributed by atoms with Gasteiger partial charge in [-0.15, -0.1) is 0 Å². The van der Waals surface area contributed by atoms with Crippen molar-refractivity contribution in [2.24, 2.45) is 0 Å². The van der Waals surface area contributed by atoms with Crippen molar-refractivity contribution < 1.29 is 14.7 Å². The molecule has 0 spiro atoms. The van der Waals surface area contributed by atoms with Gasteiger partial charge in [-0.05, 0) is 12.8 Å². The number of hydrogen-bond acceptors (Lipinski definition) is 4. The molecule has 1 aliphatic rings. The van der Waals surface area contributed by atoms with Gasteiger partial charge in [0, 0.05) is 13.6 Å². The summed E-state index contributed by atoms with van der Waals surface area (Å²) >= 11 is 0. The SMILES string of the molecule is CN(Cc1ncn[nH]1)C(=O)N1CCC[C@H]1C(=O)O. The van der Waals surface area contributed by atoms with Gasteiger partial charge in [0.15, 0.2) is 0 Å². The van der Waals surface area contributed by atoms with Gasteiger partial charge in [0.1, 0.15) is 18.2 Å². The highest BCUT2D eigenvalue weighted by Crippen LogP contribution is 2.19. The minimum Gasteiger partial charge on any atom is -0.480 e. The first kappa shape index (κ1) is 12.3. The Morgan fingerprint density at radius 2 is 2.44 bits per heavy atom. The number of likely N-dealkylation sites (tertiary alicyclic amines) is 1. The number of carboxylic acids is 1. The summed E-state index contributed by atoms with van der Waals surface area (Å²) < 4.78 is 0. The number of carbonyl (C=O) groups excluding carboxylic acids is 1. The van der Waals surface area contributed by atoms with Crippen molar-refractivity contribution in [3.8, 4) is 0 Å². The smallest absolute Gasteiger partial charge is 0.326 e. The quantitative estimate of drug-likeness (QED) is 0.783. The molecule has 0 unspecified atom stereocenters. The maximum atomic E-state index is 12.1. The number of amides is 2. The summed E-state index contributed by atoms with van der Waals surface area (Å²) in [5.41, 5.74) is 0. The van der Waals surface area contributed by atoms with Crippen LogP contribution in [0.5, 0.6) is 0 Å². The summed E-state index contributed by atoms with van der Waals surface area (Å²) in [5.74, 6) is -0.383. The summed E-state index contributed by atoms with van der Waals surface area (Å²) in [4.78, 5) is 29.9. The van der Waals surface area contributed by atoms with E-state index in [9.17, 15) is 9.59 Å². The molecule has 2 amide bonds. The van der Waals surface area contributed by atoms with Crippen LogP contribution in [0.2, 0.25) is 0 Å². The Morgan fingerprint density at radius 1 is 1.67 bits per heavy atom. The monoisotopic (exact) mass is 253 g/mol. The van der Waals surface area contributed by atoms with Crippen LogP contribution in [0.1, 0.15) is 18.7 Å². The molecule has 98 valence electrons. The molecule has 8 heteroatoms. The summed E-state index contributed by atoms with van der Waals surface area (Å²) in [6, 6.07) is -1.01. The Bertz CT molecular complexity index is 433. The predicted octanol–water partition coefficient (Wildman–Crippen LogP) is -0.0945. The molecule has 1 atom stereocenters. The van der Waals surface area contributed by atoms with Crippen molar-refractivity contribution in [1.29, 1.82) is 0 Å². The van der Waals surface area contributed by atoms with Gasteiger partial charge >= 0.3 is 12.0 Å². The van der Waals surface area contributed by atoms with Gasteiger partial charge in [-0.1, -0.05) is 0 Å². The minimum absolute atomic E-state index is 0.279. The van der Waals surface area contributed by atoms with Crippen LogP contribution < -0.4 is 0 Å². The molecule has 0 aromatic carbocycles. The van der Waals surface area contributed by atoms with Crippen LogP contribution in [0.15, 0.2) is 6.33 Å². The number of carbonyl (C=O) groups is 2. The lowest BCUT2D eigenvalue weighted by molar-refractivity contribution is -0.141. The molecule has 2 heterocycles. The van der Waals surface area contributed by atoms with E-state index in [-0.39, 0.29) is 12.6 Å². The van der Waals surface area contributed by atoms with Crippen LogP contribution in [-0.4, -0.2) is 61.7 Å². The van der Waals surface area contributed by atoms with Gasteiger partial charge in [-0.2, -0.15) is 5.10 Å². The van der Waals surface area contributed by atoms with E-state index in [1.54, 1.807) is 7.05 Å². The van der Waals surface area contributed by atoms with E-state index < -0.39 is 12.0 Å². The van der Waals surface area contributed by atoms with E-state index in [1.165, 1.54) is 16.1 Å². The summed E-state index contributed by atoms with van der Waals surface area (Å²) in [6.07, 6.45) is 2.60. The van der Waals surface area contributed by atoms with Crippen LogP contribution in [0.25, 0.3) is 0 Å². The van der Waals surface area contributed by atoms with E-state index in [4.69, 9.17) is 5.11 Å². The fourth-order valence-corrected chi connectivity index (χ4v) is 2.07. The number of hydrogen-bond donors (Lipinski definition) is 2. The molecule has 1 saturated heterocycles. The van der Waals surface area contributed by atoms with Crippen molar-refractivity contribution in [3.63, 3.8) is 0 Å². The van der Waals surface area contributed by atoms with E-state index in [0.29, 0.717) is 18.8 Å². The Kier molecular flexibility index (Phi) is 3.45. The van der Waals surface area contributed by atoms with Gasteiger partial charge in [-0.25, -0.2) is 14.6 Å². The van der Waals surface area contributed by atoms with Crippen molar-refractivity contribution in [2.75, 3.05) is 13.6 Å². The minimum atomic E-state index is -0.950. The number of rotatable bonds is 3. The third kappa shape index (κ3) is 2.41. The maximum absolute atomic E-state index is 12.1. The van der Waals surface area contributed by atoms with Crippen LogP contribution >= 0.6 is 0 Å². The molecule has 1 aliphatic heterocycles. The lowest BCUT2D eigenvalue weighted by atomic mass is 10.2. The molecule has 1 aromatic rings. The zero-order valence-electron chi connectivity index (χ0n) is 10.0. The first-order valence-corrected chi connectivity index (χ1v) is 5.68. The molecule has 18 heavy (non-hydrogen) atoms. The largest absolute Gasteiger partial charge is 0.480 e. The number of carboxylic acid groups (broad SMARTS) is 1. The Morgan fingerprint density at radius 3 is 3.06 bits per heavy atom. The number of nitrogens with zero attached hydrogens (tertiary/aromatic N) is 4. The fraction of sp³-hybridized carbons (Fsp3) is 0.600. The molecule has 0 bridgehead atoms.